The van der Waals surface area contributed by atoms with Gasteiger partial charge in [-0.2, -0.15) is 4.39 Å². The Balaban J connectivity index is 1.39. The van der Waals surface area contributed by atoms with Crippen molar-refractivity contribution < 1.29 is 13.6 Å². The lowest BCUT2D eigenvalue weighted by Gasteiger charge is -2.16. The van der Waals surface area contributed by atoms with E-state index in [1.807, 2.05) is 24.4 Å². The Bertz CT molecular complexity index is 1800. The molecular weight excluding hydrogens is 518 g/mol. The van der Waals surface area contributed by atoms with E-state index < -0.39 is 17.7 Å². The molecule has 0 saturated carbocycles. The number of fused-ring (bicyclic) bond motifs is 1. The van der Waals surface area contributed by atoms with Crippen LogP contribution < -0.4 is 5.32 Å². The van der Waals surface area contributed by atoms with Gasteiger partial charge in [0, 0.05) is 23.3 Å². The van der Waals surface area contributed by atoms with Crippen molar-refractivity contribution in [2.45, 2.75) is 12.8 Å². The molecule has 0 aliphatic rings. The number of rotatable bonds is 6. The van der Waals surface area contributed by atoms with E-state index in [4.69, 9.17) is 0 Å². The fourth-order valence-corrected chi connectivity index (χ4v) is 5.13. The summed E-state index contributed by atoms with van der Waals surface area (Å²) in [5, 5.41) is 5.53. The number of H-pyrrole nitrogens is 1. The molecule has 1 atom stereocenters. The summed E-state index contributed by atoms with van der Waals surface area (Å²) < 4.78 is 27.7. The number of anilines is 1. The Kier molecular flexibility index (Phi) is 6.37. The zero-order chi connectivity index (χ0) is 26.9. The van der Waals surface area contributed by atoms with Crippen LogP contribution in [0.3, 0.4) is 0 Å². The molecule has 5 aromatic heterocycles. The number of nitrogens with zero attached hydrogens (tertiary/aromatic N) is 4. The first kappa shape index (κ1) is 24.5. The number of carbonyl (C=O) groups is 1. The molecule has 1 unspecified atom stereocenters. The van der Waals surface area contributed by atoms with Crippen LogP contribution in [0.25, 0.3) is 33.5 Å². The predicted molar refractivity (Wildman–Crippen MR) is 146 cm³/mol. The average molecular weight is 539 g/mol. The van der Waals surface area contributed by atoms with Gasteiger partial charge in [-0.1, -0.05) is 18.2 Å². The third-order valence-corrected chi connectivity index (χ3v) is 7.02. The van der Waals surface area contributed by atoms with Crippen LogP contribution in [0, 0.1) is 18.7 Å². The van der Waals surface area contributed by atoms with Gasteiger partial charge in [0.25, 0.3) is 0 Å². The molecule has 0 aliphatic heterocycles. The summed E-state index contributed by atoms with van der Waals surface area (Å²) in [5.41, 5.74) is 4.87. The molecule has 0 saturated heterocycles. The van der Waals surface area contributed by atoms with Crippen LogP contribution in [0.4, 0.5) is 14.6 Å². The largest absolute Gasteiger partial charge is 0.353 e. The quantitative estimate of drug-likeness (QED) is 0.236. The molecule has 5 heterocycles. The minimum atomic E-state index is -0.759. The third kappa shape index (κ3) is 4.89. The molecule has 0 radical (unpaired) electrons. The molecule has 192 valence electrons. The number of pyridine rings is 3. The van der Waals surface area contributed by atoms with Gasteiger partial charge < -0.3 is 10.3 Å². The molecule has 1 amide bonds. The summed E-state index contributed by atoms with van der Waals surface area (Å²) in [6.45, 7) is 1.86. The highest BCUT2D eigenvalue weighted by atomic mass is 32.1. The van der Waals surface area contributed by atoms with Crippen LogP contribution in [0.15, 0.2) is 84.5 Å². The third-order valence-electron chi connectivity index (χ3n) is 6.23. The second kappa shape index (κ2) is 10.1. The van der Waals surface area contributed by atoms with Gasteiger partial charge >= 0.3 is 0 Å². The summed E-state index contributed by atoms with van der Waals surface area (Å²) in [5.74, 6) is -1.80. The van der Waals surface area contributed by atoms with Crippen LogP contribution >= 0.6 is 11.3 Å². The van der Waals surface area contributed by atoms with Gasteiger partial charge in [0.05, 0.1) is 33.2 Å². The van der Waals surface area contributed by atoms with Gasteiger partial charge in [0.15, 0.2) is 0 Å². The Morgan fingerprint density at radius 2 is 1.82 bits per heavy atom. The number of carbonyl (C=O) groups excluding carboxylic acids is 1. The summed E-state index contributed by atoms with van der Waals surface area (Å²) >= 11 is 1.43. The molecule has 10 heteroatoms. The lowest BCUT2D eigenvalue weighted by Crippen LogP contribution is -2.23. The van der Waals surface area contributed by atoms with E-state index in [0.29, 0.717) is 50.6 Å². The highest BCUT2D eigenvalue weighted by Crippen LogP contribution is 2.37. The van der Waals surface area contributed by atoms with Gasteiger partial charge in [-0.15, -0.1) is 11.3 Å². The van der Waals surface area contributed by atoms with Crippen LogP contribution in [0.1, 0.15) is 22.2 Å². The minimum Gasteiger partial charge on any atom is -0.353 e. The molecule has 2 N–H and O–H groups in total. The fraction of sp³-hybridized carbons (Fsp3) is 0.0690. The van der Waals surface area contributed by atoms with Crippen molar-refractivity contribution in [1.29, 1.82) is 0 Å². The van der Waals surface area contributed by atoms with Crippen molar-refractivity contribution in [3.8, 4) is 22.5 Å². The van der Waals surface area contributed by atoms with Gasteiger partial charge in [-0.25, -0.2) is 19.3 Å². The van der Waals surface area contributed by atoms with E-state index >= 15 is 0 Å². The van der Waals surface area contributed by atoms with Crippen molar-refractivity contribution in [3.63, 3.8) is 0 Å². The lowest BCUT2D eigenvalue weighted by atomic mass is 9.95. The zero-order valence-corrected chi connectivity index (χ0v) is 21.3. The number of hydrogen-bond donors (Lipinski definition) is 2. The maximum Gasteiger partial charge on any atom is 0.239 e. The smallest absolute Gasteiger partial charge is 0.239 e. The van der Waals surface area contributed by atoms with E-state index in [1.54, 1.807) is 48.8 Å². The highest BCUT2D eigenvalue weighted by molar-refractivity contribution is 7.09. The van der Waals surface area contributed by atoms with E-state index in [1.165, 1.54) is 29.5 Å². The predicted octanol–water partition coefficient (Wildman–Crippen LogP) is 6.50. The normalized spacial score (nSPS) is 12.0. The second-order valence-corrected chi connectivity index (χ2v) is 9.88. The van der Waals surface area contributed by atoms with Crippen molar-refractivity contribution in [1.82, 2.24) is 24.9 Å². The number of aromatic amines is 1. The first-order chi connectivity index (χ1) is 19.0. The first-order valence-corrected chi connectivity index (χ1v) is 12.9. The lowest BCUT2D eigenvalue weighted by molar-refractivity contribution is -0.116. The van der Waals surface area contributed by atoms with Gasteiger partial charge in [-0.3, -0.25) is 9.78 Å². The standard InChI is InChI=1S/C29H20F2N6OS/c1-16-34-22(15-39-16)25(17-5-7-19(30)8-6-17)29(38)37-24-14-18(11-13-33-24)27-26(20-4-2-3-12-32-20)28-21(35-27)9-10-23(31)36-28/h2-15,25,35H,1H3,(H,33,37,38). The average Bonchev–Trinajstić information content (AvgIpc) is 3.54. The van der Waals surface area contributed by atoms with Crippen LogP contribution in [-0.2, 0) is 4.79 Å². The molecule has 7 nitrogen and oxygen atoms in total. The van der Waals surface area contributed by atoms with Gasteiger partial charge in [0.2, 0.25) is 11.9 Å². The van der Waals surface area contributed by atoms with E-state index in [0.717, 1.165) is 5.01 Å². The Labute approximate surface area is 225 Å². The van der Waals surface area contributed by atoms with Crippen LogP contribution in [-0.4, -0.2) is 30.8 Å². The summed E-state index contributed by atoms with van der Waals surface area (Å²) in [6, 6.07) is 17.7. The van der Waals surface area contributed by atoms with Crippen molar-refractivity contribution >= 4 is 34.1 Å². The fourth-order valence-electron chi connectivity index (χ4n) is 4.50. The summed E-state index contributed by atoms with van der Waals surface area (Å²) in [4.78, 5) is 34.3. The number of amides is 1. The maximum absolute atomic E-state index is 14.1. The topological polar surface area (TPSA) is 96.5 Å². The molecule has 1 aromatic carbocycles. The Hall–Kier alpha value is -4.83. The molecule has 39 heavy (non-hydrogen) atoms. The number of hydrogen-bond acceptors (Lipinski definition) is 6. The number of benzene rings is 1. The minimum absolute atomic E-state index is 0.307. The van der Waals surface area contributed by atoms with Crippen LogP contribution in [0.2, 0.25) is 0 Å². The van der Waals surface area contributed by atoms with Gasteiger partial charge in [0.1, 0.15) is 23.1 Å². The SMILES string of the molecule is Cc1nc(C(C(=O)Nc2cc(-c3[nH]c4ccc(F)nc4c3-c3ccccn3)ccn2)c2ccc(F)cc2)cs1. The molecule has 6 rings (SSSR count). The molecule has 0 aliphatic carbocycles. The highest BCUT2D eigenvalue weighted by Gasteiger charge is 2.26. The van der Waals surface area contributed by atoms with E-state index in [9.17, 15) is 13.6 Å². The monoisotopic (exact) mass is 538 g/mol. The Morgan fingerprint density at radius 3 is 2.56 bits per heavy atom. The number of aryl methyl sites for hydroxylation is 1. The number of nitrogens with one attached hydrogen (secondary N) is 2. The molecule has 0 spiro atoms. The maximum atomic E-state index is 14.1. The molecular formula is C29H20F2N6OS. The molecule has 6 aromatic rings. The first-order valence-electron chi connectivity index (χ1n) is 12.0. The number of halogens is 2. The van der Waals surface area contributed by atoms with Crippen molar-refractivity contribution in [2.75, 3.05) is 5.32 Å². The zero-order valence-electron chi connectivity index (χ0n) is 20.5. The number of thiazole rings is 1. The van der Waals surface area contributed by atoms with Crippen molar-refractivity contribution in [2.24, 2.45) is 0 Å². The molecule has 0 bridgehead atoms. The number of aromatic nitrogens is 5. The second-order valence-electron chi connectivity index (χ2n) is 8.82. The molecule has 0 fully saturated rings. The Morgan fingerprint density at radius 1 is 0.974 bits per heavy atom. The van der Waals surface area contributed by atoms with Crippen molar-refractivity contribution in [3.05, 3.63) is 113 Å². The summed E-state index contributed by atoms with van der Waals surface area (Å²) in [6.07, 6.45) is 3.23. The van der Waals surface area contributed by atoms with E-state index in [2.05, 4.69) is 30.2 Å². The van der Waals surface area contributed by atoms with E-state index in [-0.39, 0.29) is 5.91 Å². The summed E-state index contributed by atoms with van der Waals surface area (Å²) in [7, 11) is 0. The van der Waals surface area contributed by atoms with Crippen LogP contribution in [0.5, 0.6) is 0 Å². The van der Waals surface area contributed by atoms with Gasteiger partial charge in [-0.05, 0) is 61.0 Å².